The third-order valence-corrected chi connectivity index (χ3v) is 5.35. The topological polar surface area (TPSA) is 98.0 Å². The molecule has 0 radical (unpaired) electrons. The lowest BCUT2D eigenvalue weighted by Crippen LogP contribution is -2.43. The molecule has 0 spiro atoms. The van der Waals surface area contributed by atoms with Crippen LogP contribution in [0.4, 0.5) is 0 Å². The van der Waals surface area contributed by atoms with E-state index in [4.69, 9.17) is 13.9 Å². The van der Waals surface area contributed by atoms with E-state index >= 15 is 0 Å². The Hall–Kier alpha value is -3.32. The van der Waals surface area contributed by atoms with Crippen LogP contribution >= 0.6 is 0 Å². The second kappa shape index (κ2) is 10.1. The summed E-state index contributed by atoms with van der Waals surface area (Å²) in [5, 5.41) is 13.0. The van der Waals surface area contributed by atoms with Gasteiger partial charge in [0.1, 0.15) is 5.75 Å². The predicted molar refractivity (Wildman–Crippen MR) is 118 cm³/mol. The third kappa shape index (κ3) is 5.24. The third-order valence-electron chi connectivity index (χ3n) is 5.35. The van der Waals surface area contributed by atoms with Gasteiger partial charge in [-0.15, -0.1) is 0 Å². The summed E-state index contributed by atoms with van der Waals surface area (Å²) < 4.78 is 16.3. The van der Waals surface area contributed by atoms with E-state index in [0.29, 0.717) is 28.2 Å². The molecule has 31 heavy (non-hydrogen) atoms. The van der Waals surface area contributed by atoms with Gasteiger partial charge in [0, 0.05) is 5.39 Å². The number of nitrogens with one attached hydrogen (secondary N) is 1. The number of para-hydroxylation sites is 1. The molecule has 0 aliphatic heterocycles. The number of carbonyl (C=O) groups excluding carboxylic acids is 1. The highest BCUT2D eigenvalue weighted by Gasteiger charge is 2.17. The van der Waals surface area contributed by atoms with Crippen molar-refractivity contribution in [2.75, 3.05) is 20.3 Å². The van der Waals surface area contributed by atoms with Crippen molar-refractivity contribution in [2.24, 2.45) is 5.92 Å². The van der Waals surface area contributed by atoms with E-state index in [0.717, 1.165) is 11.8 Å². The SMILES string of the molecule is CCC(C)[C@@H](CO)NC(=O)COc1ccc(-c2cc3cccc(OC)c3oc2=O)cc1. The van der Waals surface area contributed by atoms with Crippen molar-refractivity contribution in [2.45, 2.75) is 26.3 Å². The highest BCUT2D eigenvalue weighted by molar-refractivity contribution is 5.86. The fourth-order valence-electron chi connectivity index (χ4n) is 3.26. The maximum atomic E-state index is 12.5. The van der Waals surface area contributed by atoms with E-state index < -0.39 is 5.63 Å². The summed E-state index contributed by atoms with van der Waals surface area (Å²) in [6, 6.07) is 13.7. The van der Waals surface area contributed by atoms with Crippen molar-refractivity contribution in [1.82, 2.24) is 5.32 Å². The van der Waals surface area contributed by atoms with Crippen LogP contribution < -0.4 is 20.4 Å². The van der Waals surface area contributed by atoms with E-state index in [1.807, 2.05) is 26.0 Å². The summed E-state index contributed by atoms with van der Waals surface area (Å²) in [5.74, 6) is 0.865. The average molecular weight is 425 g/mol. The fourth-order valence-corrected chi connectivity index (χ4v) is 3.26. The lowest BCUT2D eigenvalue weighted by atomic mass is 10.00. The molecule has 0 aliphatic rings. The van der Waals surface area contributed by atoms with Crippen LogP contribution in [0.5, 0.6) is 11.5 Å². The van der Waals surface area contributed by atoms with Gasteiger partial charge >= 0.3 is 5.63 Å². The molecule has 1 unspecified atom stereocenters. The van der Waals surface area contributed by atoms with Gasteiger partial charge in [0.15, 0.2) is 17.9 Å². The summed E-state index contributed by atoms with van der Waals surface area (Å²) in [4.78, 5) is 24.6. The molecule has 0 saturated heterocycles. The molecule has 7 heteroatoms. The molecule has 7 nitrogen and oxygen atoms in total. The first-order valence-electron chi connectivity index (χ1n) is 10.2. The monoisotopic (exact) mass is 425 g/mol. The zero-order valence-corrected chi connectivity index (χ0v) is 17.9. The van der Waals surface area contributed by atoms with E-state index in [9.17, 15) is 14.7 Å². The molecule has 1 amide bonds. The normalized spacial score (nSPS) is 12.9. The first-order valence-corrected chi connectivity index (χ1v) is 10.2. The smallest absolute Gasteiger partial charge is 0.344 e. The molecule has 164 valence electrons. The minimum atomic E-state index is -0.467. The van der Waals surface area contributed by atoms with Gasteiger partial charge in [-0.2, -0.15) is 0 Å². The molecular weight excluding hydrogens is 398 g/mol. The van der Waals surface area contributed by atoms with Gasteiger partial charge in [-0.05, 0) is 35.7 Å². The number of ether oxygens (including phenoxy) is 2. The van der Waals surface area contributed by atoms with Crippen LogP contribution in [0.2, 0.25) is 0 Å². The zero-order valence-electron chi connectivity index (χ0n) is 17.9. The number of hydrogen-bond donors (Lipinski definition) is 2. The number of carbonyl (C=O) groups is 1. The predicted octanol–water partition coefficient (Wildman–Crippen LogP) is 3.37. The van der Waals surface area contributed by atoms with Crippen molar-refractivity contribution in [3.63, 3.8) is 0 Å². The van der Waals surface area contributed by atoms with Crippen LogP contribution in [0, 0.1) is 5.92 Å². The van der Waals surface area contributed by atoms with Gasteiger partial charge in [0.25, 0.3) is 5.91 Å². The molecular formula is C24H27NO6. The summed E-state index contributed by atoms with van der Waals surface area (Å²) in [6.07, 6.45) is 0.851. The van der Waals surface area contributed by atoms with Crippen LogP contribution in [0.15, 0.2) is 57.7 Å². The Balaban J connectivity index is 1.70. The number of fused-ring (bicyclic) bond motifs is 1. The Morgan fingerprint density at radius 2 is 1.94 bits per heavy atom. The Labute approximate surface area is 180 Å². The molecule has 2 aromatic carbocycles. The van der Waals surface area contributed by atoms with Crippen molar-refractivity contribution >= 4 is 16.9 Å². The molecule has 0 aliphatic carbocycles. The molecule has 1 heterocycles. The maximum absolute atomic E-state index is 12.5. The zero-order chi connectivity index (χ0) is 22.4. The largest absolute Gasteiger partial charge is 0.493 e. The number of aliphatic hydroxyl groups excluding tert-OH is 1. The molecule has 0 fully saturated rings. The summed E-state index contributed by atoms with van der Waals surface area (Å²) in [6.45, 7) is 3.70. The van der Waals surface area contributed by atoms with Crippen molar-refractivity contribution in [3.8, 4) is 22.6 Å². The lowest BCUT2D eigenvalue weighted by molar-refractivity contribution is -0.124. The Morgan fingerprint density at radius 3 is 2.58 bits per heavy atom. The van der Waals surface area contributed by atoms with E-state index in [-0.39, 0.29) is 31.1 Å². The van der Waals surface area contributed by atoms with E-state index in [1.165, 1.54) is 7.11 Å². The number of methoxy groups -OCH3 is 1. The van der Waals surface area contributed by atoms with Crippen LogP contribution in [0.25, 0.3) is 22.1 Å². The maximum Gasteiger partial charge on any atom is 0.344 e. The number of hydrogen-bond acceptors (Lipinski definition) is 6. The van der Waals surface area contributed by atoms with Crippen LogP contribution in [-0.2, 0) is 4.79 Å². The summed E-state index contributed by atoms with van der Waals surface area (Å²) in [5.41, 5.74) is 1.03. The van der Waals surface area contributed by atoms with Gasteiger partial charge in [0.2, 0.25) is 0 Å². The summed E-state index contributed by atoms with van der Waals surface area (Å²) in [7, 11) is 1.52. The van der Waals surface area contributed by atoms with Crippen LogP contribution in [-0.4, -0.2) is 37.4 Å². The lowest BCUT2D eigenvalue weighted by Gasteiger charge is -2.22. The highest BCUT2D eigenvalue weighted by Crippen LogP contribution is 2.28. The minimum absolute atomic E-state index is 0.115. The Bertz CT molecular complexity index is 1090. The van der Waals surface area contributed by atoms with E-state index in [1.54, 1.807) is 36.4 Å². The Kier molecular flexibility index (Phi) is 7.31. The molecule has 0 saturated carbocycles. The number of rotatable bonds is 9. The van der Waals surface area contributed by atoms with Gasteiger partial charge in [-0.25, -0.2) is 4.79 Å². The molecule has 0 bridgehead atoms. The molecule has 1 aromatic heterocycles. The minimum Gasteiger partial charge on any atom is -0.493 e. The standard InChI is InChI=1S/C24H27NO6/c1-4-15(2)20(13-26)25-22(27)14-30-18-10-8-16(9-11-18)19-12-17-6-5-7-21(29-3)23(17)31-24(19)28/h5-12,15,20,26H,4,13-14H2,1-3H3,(H,25,27)/t15?,20-/m1/s1. The summed E-state index contributed by atoms with van der Waals surface area (Å²) >= 11 is 0. The molecule has 3 rings (SSSR count). The number of amides is 1. The van der Waals surface area contributed by atoms with Gasteiger partial charge in [0.05, 0.1) is 25.3 Å². The second-order valence-electron chi connectivity index (χ2n) is 7.38. The molecule has 2 atom stereocenters. The number of benzene rings is 2. The van der Waals surface area contributed by atoms with E-state index in [2.05, 4.69) is 5.32 Å². The van der Waals surface area contributed by atoms with Gasteiger partial charge in [-0.1, -0.05) is 44.5 Å². The van der Waals surface area contributed by atoms with Gasteiger partial charge < -0.3 is 24.3 Å². The van der Waals surface area contributed by atoms with Crippen LogP contribution in [0.3, 0.4) is 0 Å². The molecule has 3 aromatic rings. The quantitative estimate of drug-likeness (QED) is 0.510. The number of aliphatic hydroxyl groups is 1. The van der Waals surface area contributed by atoms with Gasteiger partial charge in [-0.3, -0.25) is 4.79 Å². The molecule has 2 N–H and O–H groups in total. The fraction of sp³-hybridized carbons (Fsp3) is 0.333. The Morgan fingerprint density at radius 1 is 1.19 bits per heavy atom. The average Bonchev–Trinajstić information content (AvgIpc) is 2.80. The van der Waals surface area contributed by atoms with Crippen molar-refractivity contribution in [3.05, 3.63) is 59.0 Å². The first-order chi connectivity index (χ1) is 15.0. The first kappa shape index (κ1) is 22.4. The van der Waals surface area contributed by atoms with Crippen molar-refractivity contribution < 1.29 is 23.8 Å². The van der Waals surface area contributed by atoms with Crippen LogP contribution in [0.1, 0.15) is 20.3 Å². The second-order valence-corrected chi connectivity index (χ2v) is 7.38. The highest BCUT2D eigenvalue weighted by atomic mass is 16.5. The van der Waals surface area contributed by atoms with Crippen molar-refractivity contribution in [1.29, 1.82) is 0 Å².